The number of H-pyrrole nitrogens is 1. The van der Waals surface area contributed by atoms with E-state index in [0.717, 1.165) is 41.4 Å². The number of rotatable bonds is 5. The lowest BCUT2D eigenvalue weighted by Gasteiger charge is -2.34. The van der Waals surface area contributed by atoms with E-state index in [4.69, 9.17) is 9.73 Å². The number of ether oxygens (including phenoxy) is 1. The highest BCUT2D eigenvalue weighted by Crippen LogP contribution is 2.23. The maximum atomic E-state index is 5.44. The highest BCUT2D eigenvalue weighted by atomic mass is 16.5. The summed E-state index contributed by atoms with van der Waals surface area (Å²) in [5, 5.41) is 3.51. The van der Waals surface area contributed by atoms with Gasteiger partial charge in [-0.15, -0.1) is 0 Å². The molecular weight excluding hydrogens is 338 g/mol. The number of piperazine rings is 1. The molecule has 2 aromatic rings. The topological polar surface area (TPSA) is 65.5 Å². The zero-order valence-electron chi connectivity index (χ0n) is 16.4. The summed E-state index contributed by atoms with van der Waals surface area (Å²) >= 11 is 0. The Morgan fingerprint density at radius 2 is 2.22 bits per heavy atom. The van der Waals surface area contributed by atoms with Crippen LogP contribution in [0.4, 0.5) is 0 Å². The molecule has 1 fully saturated rings. The van der Waals surface area contributed by atoms with Crippen LogP contribution in [0, 0.1) is 0 Å². The van der Waals surface area contributed by atoms with Crippen LogP contribution in [0.3, 0.4) is 0 Å². The number of nitrogens with zero attached hydrogens (tertiary/aromatic N) is 3. The predicted molar refractivity (Wildman–Crippen MR) is 109 cm³/mol. The van der Waals surface area contributed by atoms with Gasteiger partial charge in [0.15, 0.2) is 5.84 Å². The highest BCUT2D eigenvalue weighted by molar-refractivity contribution is 6.02. The van der Waals surface area contributed by atoms with E-state index in [1.165, 1.54) is 5.57 Å². The van der Waals surface area contributed by atoms with Gasteiger partial charge in [-0.3, -0.25) is 0 Å². The van der Waals surface area contributed by atoms with Crippen LogP contribution in [0.25, 0.3) is 5.70 Å². The molecule has 3 rings (SSSR count). The lowest BCUT2D eigenvalue weighted by atomic mass is 10.1. The Morgan fingerprint density at radius 1 is 1.37 bits per heavy atom. The first-order valence-electron chi connectivity index (χ1n) is 9.16. The van der Waals surface area contributed by atoms with Crippen molar-refractivity contribution in [2.45, 2.75) is 27.3 Å². The molecule has 6 heteroatoms. The lowest BCUT2D eigenvalue weighted by molar-refractivity contribution is 0.359. The van der Waals surface area contributed by atoms with E-state index in [2.05, 4.69) is 40.1 Å². The number of aliphatic imine (C=N–C) groups is 1. The highest BCUT2D eigenvalue weighted by Gasteiger charge is 2.24. The number of hydrogen-bond acceptors (Lipinski definition) is 4. The third-order valence-electron chi connectivity index (χ3n) is 4.50. The van der Waals surface area contributed by atoms with Gasteiger partial charge in [0.2, 0.25) is 5.88 Å². The summed E-state index contributed by atoms with van der Waals surface area (Å²) in [7, 11) is 1.66. The Bertz CT molecular complexity index is 860. The molecule has 0 aromatic carbocycles. The minimum atomic E-state index is 0.658. The van der Waals surface area contributed by atoms with Gasteiger partial charge >= 0.3 is 0 Å². The molecule has 1 aliphatic rings. The first kappa shape index (κ1) is 18.8. The van der Waals surface area contributed by atoms with E-state index in [1.54, 1.807) is 13.3 Å². The number of amidine groups is 1. The van der Waals surface area contributed by atoms with Crippen LogP contribution in [0.1, 0.15) is 31.9 Å². The molecule has 142 valence electrons. The maximum absolute atomic E-state index is 5.44. The van der Waals surface area contributed by atoms with Crippen LogP contribution >= 0.6 is 0 Å². The summed E-state index contributed by atoms with van der Waals surface area (Å²) in [5.41, 5.74) is 5.35. The fourth-order valence-electron chi connectivity index (χ4n) is 3.17. The van der Waals surface area contributed by atoms with Crippen molar-refractivity contribution in [2.75, 3.05) is 20.2 Å². The molecule has 6 nitrogen and oxygen atoms in total. The summed E-state index contributed by atoms with van der Waals surface area (Å²) in [5.74, 6) is 1.60. The first-order chi connectivity index (χ1) is 13.1. The maximum Gasteiger partial charge on any atom is 0.218 e. The van der Waals surface area contributed by atoms with Crippen LogP contribution in [-0.2, 0) is 6.54 Å². The Kier molecular flexibility index (Phi) is 5.96. The van der Waals surface area contributed by atoms with Gasteiger partial charge in [0.25, 0.3) is 0 Å². The van der Waals surface area contributed by atoms with Gasteiger partial charge < -0.3 is 19.9 Å². The molecule has 0 spiro atoms. The van der Waals surface area contributed by atoms with Gasteiger partial charge in [0.1, 0.15) is 0 Å². The van der Waals surface area contributed by atoms with E-state index in [-0.39, 0.29) is 0 Å². The van der Waals surface area contributed by atoms with Crippen molar-refractivity contribution in [3.8, 4) is 5.88 Å². The van der Waals surface area contributed by atoms with E-state index in [1.807, 2.05) is 37.5 Å². The second kappa shape index (κ2) is 8.58. The molecule has 3 heterocycles. The summed E-state index contributed by atoms with van der Waals surface area (Å²) in [4.78, 5) is 14.8. The number of pyridine rings is 1. The van der Waals surface area contributed by atoms with Gasteiger partial charge in [0, 0.05) is 49.4 Å². The molecule has 0 amide bonds. The fourth-order valence-corrected chi connectivity index (χ4v) is 3.17. The standard InChI is InChI=1S/C21H27N5O/c1-5-18(16-8-10-22-13-16)25-20-19(15(2)3)23-11-12-26(20)14-17-7-6-9-24-21(17)27-4/h5-10,13,22-23H,11-12,14H2,1-4H3/b18-5-,25-20?. The second-order valence-electron chi connectivity index (χ2n) is 6.60. The molecular formula is C21H27N5O. The quantitative estimate of drug-likeness (QED) is 0.850. The van der Waals surface area contributed by atoms with E-state index < -0.39 is 0 Å². The van der Waals surface area contributed by atoms with E-state index in [0.29, 0.717) is 12.4 Å². The number of aromatic nitrogens is 2. The zero-order valence-corrected chi connectivity index (χ0v) is 16.4. The van der Waals surface area contributed by atoms with Gasteiger partial charge in [-0.05, 0) is 38.5 Å². The average molecular weight is 365 g/mol. The molecule has 0 unspecified atom stereocenters. The average Bonchev–Trinajstić information content (AvgIpc) is 3.21. The number of aromatic amines is 1. The number of hydrogen-bond donors (Lipinski definition) is 2. The molecule has 0 radical (unpaired) electrons. The zero-order chi connectivity index (χ0) is 19.2. The summed E-state index contributed by atoms with van der Waals surface area (Å²) in [6.07, 6.45) is 7.67. The molecule has 0 atom stereocenters. The predicted octanol–water partition coefficient (Wildman–Crippen LogP) is 3.58. The van der Waals surface area contributed by atoms with Crippen molar-refractivity contribution in [3.05, 3.63) is 65.3 Å². The Hall–Kier alpha value is -3.02. The molecule has 27 heavy (non-hydrogen) atoms. The normalized spacial score (nSPS) is 16.4. The van der Waals surface area contributed by atoms with Crippen LogP contribution in [-0.4, -0.2) is 40.9 Å². The van der Waals surface area contributed by atoms with Crippen LogP contribution < -0.4 is 10.1 Å². The number of methoxy groups -OCH3 is 1. The molecule has 0 bridgehead atoms. The van der Waals surface area contributed by atoms with Crippen LogP contribution in [0.5, 0.6) is 5.88 Å². The third kappa shape index (κ3) is 4.22. The van der Waals surface area contributed by atoms with Crippen molar-refractivity contribution in [1.29, 1.82) is 0 Å². The van der Waals surface area contributed by atoms with Gasteiger partial charge in [-0.2, -0.15) is 0 Å². The molecule has 0 saturated carbocycles. The van der Waals surface area contributed by atoms with Crippen LogP contribution in [0.15, 0.2) is 59.1 Å². The summed E-state index contributed by atoms with van der Waals surface area (Å²) < 4.78 is 5.44. The van der Waals surface area contributed by atoms with Crippen molar-refractivity contribution in [1.82, 2.24) is 20.2 Å². The SMILES string of the molecule is C/C=C(\N=C1C(=C(C)C)NCCN1Cc1cccnc1OC)c1cc[nH]c1. The van der Waals surface area contributed by atoms with E-state index >= 15 is 0 Å². The molecule has 0 aliphatic carbocycles. The van der Waals surface area contributed by atoms with Crippen molar-refractivity contribution < 1.29 is 4.74 Å². The minimum Gasteiger partial charge on any atom is -0.481 e. The third-order valence-corrected chi connectivity index (χ3v) is 4.50. The van der Waals surface area contributed by atoms with Gasteiger partial charge in [0.05, 0.1) is 18.5 Å². The molecule has 1 aliphatic heterocycles. The van der Waals surface area contributed by atoms with E-state index in [9.17, 15) is 0 Å². The Balaban J connectivity index is 2.00. The monoisotopic (exact) mass is 365 g/mol. The minimum absolute atomic E-state index is 0.658. The smallest absolute Gasteiger partial charge is 0.218 e. The molecule has 2 aromatic heterocycles. The second-order valence-corrected chi connectivity index (χ2v) is 6.60. The van der Waals surface area contributed by atoms with Gasteiger partial charge in [-0.1, -0.05) is 12.1 Å². The van der Waals surface area contributed by atoms with Gasteiger partial charge in [-0.25, -0.2) is 9.98 Å². The summed E-state index contributed by atoms with van der Waals surface area (Å²) in [6, 6.07) is 6.03. The molecule has 2 N–H and O–H groups in total. The number of allylic oxidation sites excluding steroid dienone is 2. The summed E-state index contributed by atoms with van der Waals surface area (Å²) in [6.45, 7) is 8.66. The first-order valence-corrected chi connectivity index (χ1v) is 9.16. The molecule has 1 saturated heterocycles. The Morgan fingerprint density at radius 3 is 2.89 bits per heavy atom. The lowest BCUT2D eigenvalue weighted by Crippen LogP contribution is -2.46. The number of nitrogens with one attached hydrogen (secondary N) is 2. The van der Waals surface area contributed by atoms with Crippen LogP contribution in [0.2, 0.25) is 0 Å². The Labute approximate surface area is 160 Å². The largest absolute Gasteiger partial charge is 0.481 e. The van der Waals surface area contributed by atoms with Crippen molar-refractivity contribution in [2.24, 2.45) is 4.99 Å². The fraction of sp³-hybridized carbons (Fsp3) is 0.333. The van der Waals surface area contributed by atoms with Crippen molar-refractivity contribution in [3.63, 3.8) is 0 Å². The van der Waals surface area contributed by atoms with Crippen molar-refractivity contribution >= 4 is 11.5 Å².